The Balaban J connectivity index is 1.75. The molecule has 0 radical (unpaired) electrons. The summed E-state index contributed by atoms with van der Waals surface area (Å²) in [6.07, 6.45) is 6.90. The van der Waals surface area contributed by atoms with Gasteiger partial charge in [0.1, 0.15) is 5.15 Å². The predicted molar refractivity (Wildman–Crippen MR) is 84.4 cm³/mol. The number of hydrogen-bond donors (Lipinski definition) is 1. The molecule has 0 amide bonds. The smallest absolute Gasteiger partial charge is 0.131 e. The van der Waals surface area contributed by atoms with Crippen LogP contribution >= 0.6 is 11.6 Å². The molecule has 5 heteroatoms. The molecule has 1 aromatic heterocycles. The summed E-state index contributed by atoms with van der Waals surface area (Å²) in [5.74, 6) is 0.442. The number of aliphatic hydroxyl groups is 1. The highest BCUT2D eigenvalue weighted by Crippen LogP contribution is 2.36. The second-order valence-corrected chi connectivity index (χ2v) is 7.03. The maximum absolute atomic E-state index is 10.4. The zero-order valence-corrected chi connectivity index (χ0v) is 13.8. The molecule has 1 N–H and O–H groups in total. The average Bonchev–Trinajstić information content (AvgIpc) is 3.00. The molecule has 1 aliphatic heterocycles. The number of aryl methyl sites for hydroxylation is 2. The third-order valence-corrected chi connectivity index (χ3v) is 5.79. The lowest BCUT2D eigenvalue weighted by molar-refractivity contribution is 0.0201. The molecule has 2 fully saturated rings. The molecule has 1 aliphatic carbocycles. The Hall–Kier alpha value is -0.580. The second-order valence-electron chi connectivity index (χ2n) is 6.67. The van der Waals surface area contributed by atoms with Gasteiger partial charge in [-0.25, -0.2) is 0 Å². The van der Waals surface area contributed by atoms with Crippen molar-refractivity contribution in [2.75, 3.05) is 6.54 Å². The van der Waals surface area contributed by atoms with E-state index in [-0.39, 0.29) is 6.10 Å². The summed E-state index contributed by atoms with van der Waals surface area (Å²) in [5, 5.41) is 15.5. The summed E-state index contributed by atoms with van der Waals surface area (Å²) in [7, 11) is 1.89. The zero-order chi connectivity index (χ0) is 15.0. The maximum Gasteiger partial charge on any atom is 0.131 e. The first-order valence-corrected chi connectivity index (χ1v) is 8.56. The van der Waals surface area contributed by atoms with Gasteiger partial charge in [-0.05, 0) is 39.2 Å². The lowest BCUT2D eigenvalue weighted by Gasteiger charge is -2.37. The van der Waals surface area contributed by atoms with Gasteiger partial charge in [-0.3, -0.25) is 9.58 Å². The Kier molecular flexibility index (Phi) is 4.57. The van der Waals surface area contributed by atoms with Crippen molar-refractivity contribution in [3.63, 3.8) is 0 Å². The summed E-state index contributed by atoms with van der Waals surface area (Å²) in [5.41, 5.74) is 2.17. The van der Waals surface area contributed by atoms with Crippen LogP contribution in [-0.4, -0.2) is 38.5 Å². The highest BCUT2D eigenvalue weighted by molar-refractivity contribution is 6.30. The van der Waals surface area contributed by atoms with Crippen molar-refractivity contribution in [3.8, 4) is 0 Å². The van der Waals surface area contributed by atoms with Crippen LogP contribution in [0.15, 0.2) is 0 Å². The van der Waals surface area contributed by atoms with E-state index >= 15 is 0 Å². The molecule has 3 rings (SSSR count). The van der Waals surface area contributed by atoms with E-state index in [0.29, 0.717) is 12.0 Å². The Bertz CT molecular complexity index is 502. The van der Waals surface area contributed by atoms with E-state index in [1.54, 1.807) is 4.68 Å². The average molecular weight is 312 g/mol. The van der Waals surface area contributed by atoms with E-state index in [9.17, 15) is 5.11 Å². The van der Waals surface area contributed by atoms with Gasteiger partial charge in [0, 0.05) is 31.1 Å². The van der Waals surface area contributed by atoms with Crippen LogP contribution in [-0.2, 0) is 13.6 Å². The first-order valence-electron chi connectivity index (χ1n) is 8.18. The van der Waals surface area contributed by atoms with Gasteiger partial charge >= 0.3 is 0 Å². The van der Waals surface area contributed by atoms with Crippen LogP contribution < -0.4 is 0 Å². The Morgan fingerprint density at radius 3 is 2.67 bits per heavy atom. The van der Waals surface area contributed by atoms with Crippen LogP contribution in [0, 0.1) is 12.8 Å². The van der Waals surface area contributed by atoms with Crippen LogP contribution in [0.2, 0.25) is 5.15 Å². The third-order valence-electron chi connectivity index (χ3n) is 5.32. The molecule has 3 atom stereocenters. The summed E-state index contributed by atoms with van der Waals surface area (Å²) < 4.78 is 1.76. The van der Waals surface area contributed by atoms with Gasteiger partial charge in [0.25, 0.3) is 0 Å². The summed E-state index contributed by atoms with van der Waals surface area (Å²) in [4.78, 5) is 2.52. The van der Waals surface area contributed by atoms with E-state index in [4.69, 9.17) is 11.6 Å². The lowest BCUT2D eigenvalue weighted by Crippen LogP contribution is -2.42. The number of hydrogen-bond acceptors (Lipinski definition) is 3. The SMILES string of the molecule is Cc1nn(C)c(Cl)c1CN1CCCC1C1CCCCC1O. The Labute approximate surface area is 132 Å². The topological polar surface area (TPSA) is 41.3 Å². The molecule has 1 aromatic rings. The van der Waals surface area contributed by atoms with Crippen LogP contribution in [0.25, 0.3) is 0 Å². The fourth-order valence-corrected chi connectivity index (χ4v) is 4.41. The van der Waals surface area contributed by atoms with Crippen molar-refractivity contribution >= 4 is 11.6 Å². The Morgan fingerprint density at radius 2 is 2.00 bits per heavy atom. The fraction of sp³-hybridized carbons (Fsp3) is 0.812. The van der Waals surface area contributed by atoms with Gasteiger partial charge in [0.05, 0.1) is 11.8 Å². The van der Waals surface area contributed by atoms with Crippen molar-refractivity contribution in [2.24, 2.45) is 13.0 Å². The van der Waals surface area contributed by atoms with Gasteiger partial charge in [-0.15, -0.1) is 0 Å². The lowest BCUT2D eigenvalue weighted by atomic mass is 9.80. The number of halogens is 1. The largest absolute Gasteiger partial charge is 0.393 e. The molecule has 3 unspecified atom stereocenters. The molecule has 21 heavy (non-hydrogen) atoms. The molecule has 118 valence electrons. The standard InChI is InChI=1S/C16H26ClN3O/c1-11-13(16(17)19(2)18-11)10-20-9-5-7-14(20)12-6-3-4-8-15(12)21/h12,14-15,21H,3-10H2,1-2H3. The van der Waals surface area contributed by atoms with Gasteiger partial charge in [-0.1, -0.05) is 24.4 Å². The van der Waals surface area contributed by atoms with Crippen molar-refractivity contribution < 1.29 is 5.11 Å². The first-order chi connectivity index (χ1) is 10.1. The van der Waals surface area contributed by atoms with E-state index in [1.807, 2.05) is 14.0 Å². The first kappa shape index (κ1) is 15.3. The van der Waals surface area contributed by atoms with Crippen molar-refractivity contribution in [3.05, 3.63) is 16.4 Å². The molecule has 2 aliphatic rings. The van der Waals surface area contributed by atoms with E-state index in [0.717, 1.165) is 35.9 Å². The minimum Gasteiger partial charge on any atom is -0.393 e. The normalized spacial score (nSPS) is 31.0. The molecule has 0 spiro atoms. The minimum absolute atomic E-state index is 0.116. The second kappa shape index (κ2) is 6.27. The van der Waals surface area contributed by atoms with E-state index in [1.165, 1.54) is 32.1 Å². The quantitative estimate of drug-likeness (QED) is 0.933. The van der Waals surface area contributed by atoms with Gasteiger partial charge in [-0.2, -0.15) is 5.10 Å². The fourth-order valence-electron chi connectivity index (χ4n) is 4.18. The van der Waals surface area contributed by atoms with Crippen molar-refractivity contribution in [2.45, 2.75) is 64.1 Å². The van der Waals surface area contributed by atoms with E-state index in [2.05, 4.69) is 10.00 Å². The number of aliphatic hydroxyl groups excluding tert-OH is 1. The molecular weight excluding hydrogens is 286 g/mol. The molecule has 1 saturated carbocycles. The van der Waals surface area contributed by atoms with Crippen LogP contribution in [0.1, 0.15) is 49.8 Å². The molecule has 0 aromatic carbocycles. The third kappa shape index (κ3) is 2.99. The summed E-state index contributed by atoms with van der Waals surface area (Å²) >= 11 is 6.38. The summed E-state index contributed by atoms with van der Waals surface area (Å²) in [6.45, 7) is 4.01. The van der Waals surface area contributed by atoms with Crippen LogP contribution in [0.3, 0.4) is 0 Å². The molecule has 4 nitrogen and oxygen atoms in total. The van der Waals surface area contributed by atoms with Gasteiger partial charge in [0.15, 0.2) is 0 Å². The molecule has 1 saturated heterocycles. The van der Waals surface area contributed by atoms with E-state index < -0.39 is 0 Å². The number of rotatable bonds is 3. The van der Waals surface area contributed by atoms with Gasteiger partial charge in [0.2, 0.25) is 0 Å². The highest BCUT2D eigenvalue weighted by atomic mass is 35.5. The summed E-state index contributed by atoms with van der Waals surface area (Å²) in [6, 6.07) is 0.510. The van der Waals surface area contributed by atoms with Crippen molar-refractivity contribution in [1.29, 1.82) is 0 Å². The number of aromatic nitrogens is 2. The van der Waals surface area contributed by atoms with Gasteiger partial charge < -0.3 is 5.11 Å². The molecular formula is C16H26ClN3O. The molecule has 2 heterocycles. The number of likely N-dealkylation sites (tertiary alicyclic amines) is 1. The number of nitrogens with zero attached hydrogens (tertiary/aromatic N) is 3. The van der Waals surface area contributed by atoms with Crippen LogP contribution in [0.5, 0.6) is 0 Å². The Morgan fingerprint density at radius 1 is 1.24 bits per heavy atom. The zero-order valence-electron chi connectivity index (χ0n) is 13.1. The highest BCUT2D eigenvalue weighted by Gasteiger charge is 2.37. The predicted octanol–water partition coefficient (Wildman–Crippen LogP) is 2.90. The molecule has 0 bridgehead atoms. The minimum atomic E-state index is -0.116. The maximum atomic E-state index is 10.4. The van der Waals surface area contributed by atoms with Crippen molar-refractivity contribution in [1.82, 2.24) is 14.7 Å². The van der Waals surface area contributed by atoms with Crippen LogP contribution in [0.4, 0.5) is 0 Å². The monoisotopic (exact) mass is 311 g/mol.